The van der Waals surface area contributed by atoms with Crippen LogP contribution in [0.2, 0.25) is 0 Å². The monoisotopic (exact) mass is 357 g/mol. The quantitative estimate of drug-likeness (QED) is 0.698. The largest absolute Gasteiger partial charge is 0.303 e. The Balaban J connectivity index is 0.000000230. The minimum absolute atomic E-state index is 1.10. The van der Waals surface area contributed by atoms with Gasteiger partial charge in [0.2, 0.25) is 0 Å². The van der Waals surface area contributed by atoms with Gasteiger partial charge in [0.05, 0.1) is 0 Å². The van der Waals surface area contributed by atoms with Gasteiger partial charge in [-0.1, -0.05) is 72.8 Å². The fraction of sp³-hybridized carbons (Fsp3) is 0.286. The Morgan fingerprint density at radius 2 is 1.80 bits per heavy atom. The number of nitrogens with zero attached hydrogens (tertiary/aromatic N) is 2. The van der Waals surface area contributed by atoms with Crippen LogP contribution < -0.4 is 0 Å². The minimum Gasteiger partial charge on any atom is -0.303 e. The molecule has 0 saturated carbocycles. The van der Waals surface area contributed by atoms with Crippen molar-refractivity contribution in [3.8, 4) is 0 Å². The fourth-order valence-electron chi connectivity index (χ4n) is 2.13. The summed E-state index contributed by atoms with van der Waals surface area (Å²) in [6.07, 6.45) is 12.9. The SMILES string of the molecule is C=C/C(=C\C=C\Cl)CCCN1CCC1.c1ccccc1.c1cn[nH]c1. The van der Waals surface area contributed by atoms with Crippen molar-refractivity contribution in [2.24, 2.45) is 0 Å². The predicted octanol–water partition coefficient (Wildman–Crippen LogP) is 5.43. The van der Waals surface area contributed by atoms with E-state index >= 15 is 0 Å². The number of hydrogen-bond acceptors (Lipinski definition) is 2. The number of nitrogens with one attached hydrogen (secondary N) is 1. The van der Waals surface area contributed by atoms with Crippen LogP contribution in [0, 0.1) is 0 Å². The Morgan fingerprint density at radius 1 is 1.12 bits per heavy atom. The molecule has 1 aromatic heterocycles. The van der Waals surface area contributed by atoms with Crippen molar-refractivity contribution in [3.05, 3.63) is 90.8 Å². The summed E-state index contributed by atoms with van der Waals surface area (Å²) in [6.45, 7) is 7.58. The number of rotatable bonds is 6. The van der Waals surface area contributed by atoms with Crippen LogP contribution in [-0.4, -0.2) is 34.7 Å². The molecule has 0 amide bonds. The lowest BCUT2D eigenvalue weighted by Gasteiger charge is -2.30. The van der Waals surface area contributed by atoms with Crippen LogP contribution in [-0.2, 0) is 0 Å². The average Bonchev–Trinajstić information content (AvgIpc) is 3.22. The highest BCUT2D eigenvalue weighted by molar-refractivity contribution is 6.25. The predicted molar refractivity (Wildman–Crippen MR) is 109 cm³/mol. The molecule has 1 N–H and O–H groups in total. The molecule has 2 aromatic rings. The highest BCUT2D eigenvalue weighted by atomic mass is 35.5. The van der Waals surface area contributed by atoms with Crippen molar-refractivity contribution in [1.29, 1.82) is 0 Å². The summed E-state index contributed by atoms with van der Waals surface area (Å²) in [5.41, 5.74) is 2.79. The van der Waals surface area contributed by atoms with Crippen molar-refractivity contribution < 1.29 is 0 Å². The van der Waals surface area contributed by atoms with E-state index in [1.165, 1.54) is 43.6 Å². The van der Waals surface area contributed by atoms with Crippen molar-refractivity contribution in [2.45, 2.75) is 19.3 Å². The molecule has 134 valence electrons. The molecule has 1 aliphatic heterocycles. The molecule has 4 heteroatoms. The van der Waals surface area contributed by atoms with Gasteiger partial charge in [-0.3, -0.25) is 5.10 Å². The molecule has 0 spiro atoms. The number of benzene rings is 1. The second-order valence-corrected chi connectivity index (χ2v) is 5.74. The van der Waals surface area contributed by atoms with Gasteiger partial charge in [-0.05, 0) is 50.5 Å². The van der Waals surface area contributed by atoms with Crippen LogP contribution in [0.3, 0.4) is 0 Å². The average molecular weight is 358 g/mol. The molecular weight excluding hydrogens is 330 g/mol. The Bertz CT molecular complexity index is 529. The summed E-state index contributed by atoms with van der Waals surface area (Å²) >= 11 is 5.45. The van der Waals surface area contributed by atoms with Gasteiger partial charge in [0.15, 0.2) is 0 Å². The minimum atomic E-state index is 1.10. The van der Waals surface area contributed by atoms with Gasteiger partial charge in [0.25, 0.3) is 0 Å². The van der Waals surface area contributed by atoms with Gasteiger partial charge in [-0.15, -0.1) is 0 Å². The summed E-state index contributed by atoms with van der Waals surface area (Å²) in [6, 6.07) is 13.8. The van der Waals surface area contributed by atoms with Crippen LogP contribution in [0.15, 0.2) is 90.8 Å². The van der Waals surface area contributed by atoms with Crippen molar-refractivity contribution in [2.75, 3.05) is 19.6 Å². The van der Waals surface area contributed by atoms with E-state index in [4.69, 9.17) is 11.6 Å². The normalized spacial score (nSPS) is 13.9. The molecule has 1 aliphatic rings. The molecule has 0 radical (unpaired) electrons. The number of H-pyrrole nitrogens is 1. The standard InChI is InChI=1S/C12H18ClN.C6H6.C3H4N2/c1-2-12(6-3-8-13)7-4-9-14-10-5-11-14;1-2-4-6-5-3-1;1-2-4-5-3-1/h2-3,6,8H,1,4-5,7,9-11H2;1-6H;1-3H,(H,4,5)/b8-3+,12-6+;;. The lowest BCUT2D eigenvalue weighted by atomic mass is 10.1. The Kier molecular flexibility index (Phi) is 12.9. The van der Waals surface area contributed by atoms with Crippen molar-refractivity contribution >= 4 is 11.6 Å². The number of allylic oxidation sites excluding steroid dienone is 4. The number of aromatic amines is 1. The second kappa shape index (κ2) is 15.4. The molecule has 0 atom stereocenters. The highest BCUT2D eigenvalue weighted by Gasteiger charge is 2.11. The van der Waals surface area contributed by atoms with Crippen LogP contribution in [0.25, 0.3) is 0 Å². The first-order valence-electron chi connectivity index (χ1n) is 8.61. The van der Waals surface area contributed by atoms with E-state index in [1.54, 1.807) is 12.4 Å². The molecule has 1 fully saturated rings. The molecule has 1 aromatic carbocycles. The van der Waals surface area contributed by atoms with Gasteiger partial charge in [-0.25, -0.2) is 0 Å². The van der Waals surface area contributed by atoms with E-state index in [-0.39, 0.29) is 0 Å². The number of aromatic nitrogens is 2. The Hall–Kier alpha value is -2.10. The summed E-state index contributed by atoms with van der Waals surface area (Å²) in [5.74, 6) is 0. The molecular formula is C21H28ClN3. The molecule has 0 aliphatic carbocycles. The topological polar surface area (TPSA) is 31.9 Å². The first-order valence-corrected chi connectivity index (χ1v) is 9.05. The molecule has 1 saturated heterocycles. The van der Waals surface area contributed by atoms with Gasteiger partial charge in [0, 0.05) is 17.9 Å². The fourth-order valence-corrected chi connectivity index (χ4v) is 2.20. The highest BCUT2D eigenvalue weighted by Crippen LogP contribution is 2.11. The van der Waals surface area contributed by atoms with Crippen LogP contribution >= 0.6 is 11.6 Å². The van der Waals surface area contributed by atoms with E-state index in [0.29, 0.717) is 0 Å². The smallest absolute Gasteiger partial charge is 0.0487 e. The van der Waals surface area contributed by atoms with Crippen LogP contribution in [0.4, 0.5) is 0 Å². The van der Waals surface area contributed by atoms with E-state index < -0.39 is 0 Å². The van der Waals surface area contributed by atoms with Crippen LogP contribution in [0.5, 0.6) is 0 Å². The third-order valence-electron chi connectivity index (χ3n) is 3.61. The maximum Gasteiger partial charge on any atom is 0.0487 e. The van der Waals surface area contributed by atoms with E-state index in [1.807, 2.05) is 60.7 Å². The van der Waals surface area contributed by atoms with Gasteiger partial charge >= 0.3 is 0 Å². The van der Waals surface area contributed by atoms with Gasteiger partial charge in [-0.2, -0.15) is 5.10 Å². The summed E-state index contributed by atoms with van der Waals surface area (Å²) in [7, 11) is 0. The van der Waals surface area contributed by atoms with Crippen molar-refractivity contribution in [3.63, 3.8) is 0 Å². The Labute approximate surface area is 156 Å². The first-order chi connectivity index (χ1) is 12.4. The lowest BCUT2D eigenvalue weighted by Crippen LogP contribution is -2.37. The third-order valence-corrected chi connectivity index (χ3v) is 3.75. The van der Waals surface area contributed by atoms with Gasteiger partial charge < -0.3 is 4.90 Å². The second-order valence-electron chi connectivity index (χ2n) is 5.48. The Morgan fingerprint density at radius 3 is 2.16 bits per heavy atom. The van der Waals surface area contributed by atoms with Crippen molar-refractivity contribution in [1.82, 2.24) is 15.1 Å². The summed E-state index contributed by atoms with van der Waals surface area (Å²) in [5, 5.41) is 6.21. The molecule has 0 unspecified atom stereocenters. The number of hydrogen-bond donors (Lipinski definition) is 1. The molecule has 0 bridgehead atoms. The van der Waals surface area contributed by atoms with Gasteiger partial charge in [0.1, 0.15) is 0 Å². The molecule has 3 nitrogen and oxygen atoms in total. The summed E-state index contributed by atoms with van der Waals surface area (Å²) < 4.78 is 0. The lowest BCUT2D eigenvalue weighted by molar-refractivity contribution is 0.180. The van der Waals surface area contributed by atoms with Crippen LogP contribution in [0.1, 0.15) is 19.3 Å². The summed E-state index contributed by atoms with van der Waals surface area (Å²) in [4.78, 5) is 2.48. The zero-order valence-corrected chi connectivity index (χ0v) is 15.5. The van der Waals surface area contributed by atoms with E-state index in [0.717, 1.165) is 6.42 Å². The maximum atomic E-state index is 5.45. The molecule has 2 heterocycles. The molecule has 3 rings (SSSR count). The van der Waals surface area contributed by atoms with E-state index in [2.05, 4.69) is 21.7 Å². The number of likely N-dealkylation sites (tertiary alicyclic amines) is 1. The molecule has 25 heavy (non-hydrogen) atoms. The number of halogens is 1. The zero-order chi connectivity index (χ0) is 18.0. The third kappa shape index (κ3) is 12.0. The maximum absolute atomic E-state index is 5.45. The zero-order valence-electron chi connectivity index (χ0n) is 14.7. The van der Waals surface area contributed by atoms with E-state index in [9.17, 15) is 0 Å². The first kappa shape index (κ1) is 20.9.